The minimum Gasteiger partial charge on any atom is -0.354 e. The van der Waals surface area contributed by atoms with Crippen molar-refractivity contribution in [1.29, 1.82) is 0 Å². The smallest absolute Gasteiger partial charge is 0.250 e. The quantitative estimate of drug-likeness (QED) is 0.680. The number of rotatable bonds is 7. The van der Waals surface area contributed by atoms with Crippen LogP contribution in [0.15, 0.2) is 46.1 Å². The zero-order valence-corrected chi connectivity index (χ0v) is 19.4. The topological polar surface area (TPSA) is 68.8 Å². The SMILES string of the molecule is O=S(=O)(NCC1CC2CCN1CC2CN1CCN(c2ccccn2)CC1)c1cccs1. The Morgan fingerprint density at radius 2 is 1.97 bits per heavy atom. The van der Waals surface area contributed by atoms with Gasteiger partial charge in [0.2, 0.25) is 10.0 Å². The Morgan fingerprint density at radius 1 is 1.10 bits per heavy atom. The van der Waals surface area contributed by atoms with Crippen LogP contribution in [0.3, 0.4) is 0 Å². The Balaban J connectivity index is 1.11. The summed E-state index contributed by atoms with van der Waals surface area (Å²) in [6, 6.07) is 9.89. The van der Waals surface area contributed by atoms with Gasteiger partial charge in [0.25, 0.3) is 0 Å². The van der Waals surface area contributed by atoms with E-state index in [-0.39, 0.29) is 0 Å². The van der Waals surface area contributed by atoms with Crippen molar-refractivity contribution in [3.8, 4) is 0 Å². The van der Waals surface area contributed by atoms with Gasteiger partial charge in [0, 0.05) is 58.1 Å². The summed E-state index contributed by atoms with van der Waals surface area (Å²) in [4.78, 5) is 12.0. The molecule has 0 spiro atoms. The molecular formula is C22H31N5O2S2. The normalized spacial score (nSPS) is 29.4. The number of hydrogen-bond acceptors (Lipinski definition) is 7. The van der Waals surface area contributed by atoms with Crippen molar-refractivity contribution in [2.45, 2.75) is 23.1 Å². The fourth-order valence-electron chi connectivity index (χ4n) is 5.39. The molecule has 4 aliphatic heterocycles. The number of pyridine rings is 1. The van der Waals surface area contributed by atoms with Gasteiger partial charge in [0.15, 0.2) is 0 Å². The molecule has 0 aromatic carbocycles. The third kappa shape index (κ3) is 4.80. The van der Waals surface area contributed by atoms with E-state index in [1.807, 2.05) is 12.3 Å². The van der Waals surface area contributed by atoms with Crippen LogP contribution in [0.1, 0.15) is 12.8 Å². The van der Waals surface area contributed by atoms with E-state index >= 15 is 0 Å². The average Bonchev–Trinajstić information content (AvgIpc) is 3.36. The molecule has 0 amide bonds. The van der Waals surface area contributed by atoms with Gasteiger partial charge < -0.3 is 4.90 Å². The largest absolute Gasteiger partial charge is 0.354 e. The van der Waals surface area contributed by atoms with Crippen LogP contribution < -0.4 is 9.62 Å². The van der Waals surface area contributed by atoms with Crippen LogP contribution in [-0.4, -0.2) is 81.6 Å². The molecule has 2 aromatic rings. The van der Waals surface area contributed by atoms with Gasteiger partial charge in [0.05, 0.1) is 0 Å². The minimum atomic E-state index is -3.37. The summed E-state index contributed by atoms with van der Waals surface area (Å²) in [6.07, 6.45) is 4.21. The number of piperazine rings is 1. The lowest BCUT2D eigenvalue weighted by atomic mass is 9.75. The van der Waals surface area contributed by atoms with E-state index in [9.17, 15) is 8.42 Å². The lowest BCUT2D eigenvalue weighted by Crippen LogP contribution is -2.59. The average molecular weight is 462 g/mol. The molecule has 6 heterocycles. The number of anilines is 1. The molecule has 2 bridgehead atoms. The number of aromatic nitrogens is 1. The maximum Gasteiger partial charge on any atom is 0.250 e. The highest BCUT2D eigenvalue weighted by atomic mass is 32.2. The van der Waals surface area contributed by atoms with Gasteiger partial charge in [0.1, 0.15) is 10.0 Å². The van der Waals surface area contributed by atoms with Crippen LogP contribution in [0.2, 0.25) is 0 Å². The van der Waals surface area contributed by atoms with E-state index in [0.29, 0.717) is 28.6 Å². The molecule has 2 aromatic heterocycles. The highest BCUT2D eigenvalue weighted by molar-refractivity contribution is 7.91. The molecule has 1 N–H and O–H groups in total. The molecular weight excluding hydrogens is 430 g/mol. The van der Waals surface area contributed by atoms with E-state index in [1.165, 1.54) is 17.8 Å². The summed E-state index contributed by atoms with van der Waals surface area (Å²) < 4.78 is 28.2. The van der Waals surface area contributed by atoms with Crippen molar-refractivity contribution in [1.82, 2.24) is 19.5 Å². The van der Waals surface area contributed by atoms with Gasteiger partial charge in [-0.25, -0.2) is 18.1 Å². The first-order valence-corrected chi connectivity index (χ1v) is 13.6. The third-order valence-corrected chi connectivity index (χ3v) is 9.94. The van der Waals surface area contributed by atoms with Gasteiger partial charge >= 0.3 is 0 Å². The number of thiophene rings is 1. The fourth-order valence-corrected chi connectivity index (χ4v) is 7.50. The molecule has 0 saturated carbocycles. The molecule has 4 saturated heterocycles. The van der Waals surface area contributed by atoms with E-state index in [2.05, 4.69) is 36.5 Å². The minimum absolute atomic E-state index is 0.325. The predicted molar refractivity (Wildman–Crippen MR) is 124 cm³/mol. The van der Waals surface area contributed by atoms with Gasteiger partial charge in [-0.15, -0.1) is 11.3 Å². The van der Waals surface area contributed by atoms with E-state index in [4.69, 9.17) is 0 Å². The Kier molecular flexibility index (Phi) is 6.30. The number of nitrogens with zero attached hydrogens (tertiary/aromatic N) is 4. The first-order valence-electron chi connectivity index (χ1n) is 11.2. The van der Waals surface area contributed by atoms with Crippen molar-refractivity contribution < 1.29 is 8.42 Å². The van der Waals surface area contributed by atoms with Crippen LogP contribution >= 0.6 is 11.3 Å². The lowest BCUT2D eigenvalue weighted by Gasteiger charge is -2.51. The van der Waals surface area contributed by atoms with Crippen LogP contribution in [0.4, 0.5) is 5.82 Å². The van der Waals surface area contributed by atoms with Crippen molar-refractivity contribution >= 4 is 27.2 Å². The molecule has 31 heavy (non-hydrogen) atoms. The maximum atomic E-state index is 12.5. The van der Waals surface area contributed by atoms with Crippen molar-refractivity contribution in [3.63, 3.8) is 0 Å². The number of fused-ring (bicyclic) bond motifs is 3. The second-order valence-electron chi connectivity index (χ2n) is 8.95. The van der Waals surface area contributed by atoms with Crippen LogP contribution in [-0.2, 0) is 10.0 Å². The van der Waals surface area contributed by atoms with Gasteiger partial charge in [-0.3, -0.25) is 9.80 Å². The Bertz CT molecular complexity index is 946. The molecule has 6 rings (SSSR count). The summed E-state index contributed by atoms with van der Waals surface area (Å²) in [5.74, 6) is 2.48. The van der Waals surface area contributed by atoms with E-state index in [0.717, 1.165) is 58.1 Å². The monoisotopic (exact) mass is 461 g/mol. The second-order valence-corrected chi connectivity index (χ2v) is 11.9. The molecule has 4 atom stereocenters. The Labute approximate surface area is 189 Å². The fraction of sp³-hybridized carbons (Fsp3) is 0.591. The number of sulfonamides is 1. The Morgan fingerprint density at radius 3 is 2.65 bits per heavy atom. The van der Waals surface area contributed by atoms with Crippen molar-refractivity contribution in [3.05, 3.63) is 41.9 Å². The first-order chi connectivity index (χ1) is 15.1. The molecule has 0 aliphatic carbocycles. The summed E-state index contributed by atoms with van der Waals surface area (Å²) in [6.45, 7) is 8.11. The predicted octanol–water partition coefficient (Wildman–Crippen LogP) is 1.95. The zero-order valence-electron chi connectivity index (χ0n) is 17.8. The van der Waals surface area contributed by atoms with Crippen LogP contribution in [0.25, 0.3) is 0 Å². The van der Waals surface area contributed by atoms with Gasteiger partial charge in [-0.1, -0.05) is 12.1 Å². The van der Waals surface area contributed by atoms with Crippen LogP contribution in [0.5, 0.6) is 0 Å². The third-order valence-electron chi connectivity index (χ3n) is 7.12. The molecule has 7 nitrogen and oxygen atoms in total. The summed E-state index contributed by atoms with van der Waals surface area (Å²) in [7, 11) is -3.37. The van der Waals surface area contributed by atoms with E-state index in [1.54, 1.807) is 17.5 Å². The number of nitrogens with one attached hydrogen (secondary N) is 1. The maximum absolute atomic E-state index is 12.5. The molecule has 4 unspecified atom stereocenters. The molecule has 168 valence electrons. The standard InChI is InChI=1S/C22H31N5O2S2/c28-31(29,22-5-3-13-30-22)24-15-20-14-18-6-8-27(20)17-19(18)16-25-9-11-26(12-10-25)21-4-1-2-7-23-21/h1-5,7,13,18-20,24H,6,8-12,14-17H2. The highest BCUT2D eigenvalue weighted by Gasteiger charge is 2.41. The second kappa shape index (κ2) is 9.15. The summed E-state index contributed by atoms with van der Waals surface area (Å²) in [5.41, 5.74) is 0. The lowest BCUT2D eigenvalue weighted by molar-refractivity contribution is -0.0108. The van der Waals surface area contributed by atoms with Crippen molar-refractivity contribution in [2.24, 2.45) is 11.8 Å². The molecule has 4 fully saturated rings. The number of piperidine rings is 3. The molecule has 4 aliphatic rings. The first kappa shape index (κ1) is 21.3. The summed E-state index contributed by atoms with van der Waals surface area (Å²) in [5, 5.41) is 1.81. The van der Waals surface area contributed by atoms with E-state index < -0.39 is 10.0 Å². The van der Waals surface area contributed by atoms with Gasteiger partial charge in [-0.05, 0) is 54.8 Å². The van der Waals surface area contributed by atoms with Gasteiger partial charge in [-0.2, -0.15) is 0 Å². The molecule has 0 radical (unpaired) electrons. The number of hydrogen-bond donors (Lipinski definition) is 1. The Hall–Kier alpha value is -1.52. The molecule has 9 heteroatoms. The summed E-state index contributed by atoms with van der Waals surface area (Å²) >= 11 is 1.27. The highest BCUT2D eigenvalue weighted by Crippen LogP contribution is 2.36. The van der Waals surface area contributed by atoms with Crippen LogP contribution in [0, 0.1) is 11.8 Å². The zero-order chi connectivity index (χ0) is 21.3. The van der Waals surface area contributed by atoms with Crippen molar-refractivity contribution in [2.75, 3.05) is 57.3 Å².